The SMILES string of the molecule is OCCn1cc(-c2ccc(Cl)cc2F)cn1. The van der Waals surface area contributed by atoms with Gasteiger partial charge in [0.05, 0.1) is 19.3 Å². The van der Waals surface area contributed by atoms with Crippen LogP contribution >= 0.6 is 11.6 Å². The van der Waals surface area contributed by atoms with Gasteiger partial charge in [-0.2, -0.15) is 5.10 Å². The second-order valence-electron chi connectivity index (χ2n) is 3.34. The van der Waals surface area contributed by atoms with Gasteiger partial charge in [0, 0.05) is 22.3 Å². The van der Waals surface area contributed by atoms with E-state index >= 15 is 0 Å². The quantitative estimate of drug-likeness (QED) is 0.894. The molecule has 0 atom stereocenters. The lowest BCUT2D eigenvalue weighted by Gasteiger charge is -2.00. The number of aliphatic hydroxyl groups excluding tert-OH is 1. The molecule has 1 heterocycles. The van der Waals surface area contributed by atoms with Crippen LogP contribution in [-0.4, -0.2) is 21.5 Å². The Kier molecular flexibility index (Phi) is 3.22. The molecule has 0 saturated carbocycles. The summed E-state index contributed by atoms with van der Waals surface area (Å²) < 4.78 is 15.1. The van der Waals surface area contributed by atoms with E-state index < -0.39 is 0 Å². The molecule has 0 bridgehead atoms. The van der Waals surface area contributed by atoms with Crippen LogP contribution in [0.15, 0.2) is 30.6 Å². The zero-order valence-electron chi connectivity index (χ0n) is 8.40. The van der Waals surface area contributed by atoms with E-state index in [1.165, 1.54) is 6.07 Å². The summed E-state index contributed by atoms with van der Waals surface area (Å²) in [6, 6.07) is 4.50. The lowest BCUT2D eigenvalue weighted by Crippen LogP contribution is -2.01. The fourth-order valence-electron chi connectivity index (χ4n) is 1.45. The third-order valence-corrected chi connectivity index (χ3v) is 2.44. The van der Waals surface area contributed by atoms with E-state index in [1.807, 2.05) is 0 Å². The number of nitrogens with zero attached hydrogens (tertiary/aromatic N) is 2. The van der Waals surface area contributed by atoms with Gasteiger partial charge in [-0.25, -0.2) is 4.39 Å². The Labute approximate surface area is 97.1 Å². The summed E-state index contributed by atoms with van der Waals surface area (Å²) in [6.07, 6.45) is 3.24. The first-order valence-electron chi connectivity index (χ1n) is 4.79. The van der Waals surface area contributed by atoms with E-state index in [0.717, 1.165) is 0 Å². The van der Waals surface area contributed by atoms with E-state index in [0.29, 0.717) is 22.7 Å². The predicted molar refractivity (Wildman–Crippen MR) is 59.7 cm³/mol. The van der Waals surface area contributed by atoms with Crippen LogP contribution in [0.1, 0.15) is 0 Å². The van der Waals surface area contributed by atoms with Gasteiger partial charge in [-0.3, -0.25) is 4.68 Å². The monoisotopic (exact) mass is 240 g/mol. The molecular formula is C11H10ClFN2O. The highest BCUT2D eigenvalue weighted by atomic mass is 35.5. The largest absolute Gasteiger partial charge is 0.394 e. The summed E-state index contributed by atoms with van der Waals surface area (Å²) in [5.41, 5.74) is 1.12. The van der Waals surface area contributed by atoms with Gasteiger partial charge < -0.3 is 5.11 Å². The van der Waals surface area contributed by atoms with Crippen molar-refractivity contribution in [3.63, 3.8) is 0 Å². The number of halogens is 2. The third-order valence-electron chi connectivity index (χ3n) is 2.20. The van der Waals surface area contributed by atoms with Crippen LogP contribution in [0.3, 0.4) is 0 Å². The molecule has 1 aromatic heterocycles. The van der Waals surface area contributed by atoms with Crippen molar-refractivity contribution in [3.8, 4) is 11.1 Å². The molecular weight excluding hydrogens is 231 g/mol. The summed E-state index contributed by atoms with van der Waals surface area (Å²) in [7, 11) is 0. The van der Waals surface area contributed by atoms with Gasteiger partial charge in [-0.15, -0.1) is 0 Å². The Morgan fingerprint density at radius 3 is 2.94 bits per heavy atom. The fourth-order valence-corrected chi connectivity index (χ4v) is 1.61. The topological polar surface area (TPSA) is 38.0 Å². The zero-order valence-corrected chi connectivity index (χ0v) is 9.15. The average Bonchev–Trinajstić information content (AvgIpc) is 2.67. The molecule has 2 rings (SSSR count). The molecule has 84 valence electrons. The Bertz CT molecular complexity index is 498. The van der Waals surface area contributed by atoms with E-state index in [1.54, 1.807) is 29.2 Å². The molecule has 0 aliphatic carbocycles. The van der Waals surface area contributed by atoms with Gasteiger partial charge in [0.1, 0.15) is 5.82 Å². The molecule has 1 N–H and O–H groups in total. The van der Waals surface area contributed by atoms with Gasteiger partial charge in [-0.05, 0) is 18.2 Å². The highest BCUT2D eigenvalue weighted by Crippen LogP contribution is 2.24. The Balaban J connectivity index is 2.35. The maximum absolute atomic E-state index is 13.6. The molecule has 0 unspecified atom stereocenters. The van der Waals surface area contributed by atoms with Gasteiger partial charge in [0.25, 0.3) is 0 Å². The van der Waals surface area contributed by atoms with Crippen molar-refractivity contribution in [2.24, 2.45) is 0 Å². The molecule has 0 saturated heterocycles. The van der Waals surface area contributed by atoms with E-state index in [-0.39, 0.29) is 12.4 Å². The first kappa shape index (κ1) is 11.1. The summed E-state index contributed by atoms with van der Waals surface area (Å²) in [5.74, 6) is -0.379. The van der Waals surface area contributed by atoms with Crippen LogP contribution in [0.25, 0.3) is 11.1 Å². The lowest BCUT2D eigenvalue weighted by molar-refractivity contribution is 0.269. The second kappa shape index (κ2) is 4.63. The third kappa shape index (κ3) is 2.23. The van der Waals surface area contributed by atoms with Crippen molar-refractivity contribution in [2.45, 2.75) is 6.54 Å². The Morgan fingerprint density at radius 2 is 2.25 bits per heavy atom. The molecule has 16 heavy (non-hydrogen) atoms. The minimum atomic E-state index is -0.379. The van der Waals surface area contributed by atoms with Crippen LogP contribution < -0.4 is 0 Å². The smallest absolute Gasteiger partial charge is 0.132 e. The lowest BCUT2D eigenvalue weighted by atomic mass is 10.1. The van der Waals surface area contributed by atoms with Crippen molar-refractivity contribution < 1.29 is 9.50 Å². The van der Waals surface area contributed by atoms with E-state index in [9.17, 15) is 4.39 Å². The number of hydrogen-bond donors (Lipinski definition) is 1. The number of aliphatic hydroxyl groups is 1. The summed E-state index contributed by atoms with van der Waals surface area (Å²) in [6.45, 7) is 0.402. The van der Waals surface area contributed by atoms with E-state index in [4.69, 9.17) is 16.7 Å². The van der Waals surface area contributed by atoms with Crippen LogP contribution in [-0.2, 0) is 6.54 Å². The van der Waals surface area contributed by atoms with Gasteiger partial charge >= 0.3 is 0 Å². The molecule has 0 radical (unpaired) electrons. The molecule has 2 aromatic rings. The number of rotatable bonds is 3. The number of hydrogen-bond acceptors (Lipinski definition) is 2. The number of benzene rings is 1. The van der Waals surface area contributed by atoms with Gasteiger partial charge in [0.15, 0.2) is 0 Å². The van der Waals surface area contributed by atoms with Crippen LogP contribution in [0.2, 0.25) is 5.02 Å². The molecule has 3 nitrogen and oxygen atoms in total. The first-order chi connectivity index (χ1) is 7.70. The fraction of sp³-hybridized carbons (Fsp3) is 0.182. The molecule has 5 heteroatoms. The van der Waals surface area contributed by atoms with Crippen molar-refractivity contribution >= 4 is 11.6 Å². The highest BCUT2D eigenvalue weighted by molar-refractivity contribution is 6.30. The van der Waals surface area contributed by atoms with E-state index in [2.05, 4.69) is 5.10 Å². The van der Waals surface area contributed by atoms with Crippen molar-refractivity contribution in [1.82, 2.24) is 9.78 Å². The Morgan fingerprint density at radius 1 is 1.44 bits per heavy atom. The van der Waals surface area contributed by atoms with Crippen LogP contribution in [0.5, 0.6) is 0 Å². The van der Waals surface area contributed by atoms with Gasteiger partial charge in [0.2, 0.25) is 0 Å². The average molecular weight is 241 g/mol. The molecule has 0 aliphatic heterocycles. The summed E-state index contributed by atoms with van der Waals surface area (Å²) in [4.78, 5) is 0. The summed E-state index contributed by atoms with van der Waals surface area (Å²) in [5, 5.41) is 13.1. The van der Waals surface area contributed by atoms with Crippen LogP contribution in [0, 0.1) is 5.82 Å². The Hall–Kier alpha value is -1.39. The molecule has 0 aliphatic rings. The molecule has 0 amide bonds. The standard InChI is InChI=1S/C11H10ClFN2O/c12-9-1-2-10(11(13)5-9)8-6-14-15(7-8)3-4-16/h1-2,5-7,16H,3-4H2. The van der Waals surface area contributed by atoms with Crippen LogP contribution in [0.4, 0.5) is 4.39 Å². The van der Waals surface area contributed by atoms with Crippen molar-refractivity contribution in [3.05, 3.63) is 41.4 Å². The first-order valence-corrected chi connectivity index (χ1v) is 5.17. The van der Waals surface area contributed by atoms with Crippen molar-refractivity contribution in [1.29, 1.82) is 0 Å². The highest BCUT2D eigenvalue weighted by Gasteiger charge is 2.07. The normalized spacial score (nSPS) is 10.7. The maximum atomic E-state index is 13.6. The number of aromatic nitrogens is 2. The molecule has 1 aromatic carbocycles. The maximum Gasteiger partial charge on any atom is 0.132 e. The molecule has 0 fully saturated rings. The summed E-state index contributed by atoms with van der Waals surface area (Å²) >= 11 is 5.67. The second-order valence-corrected chi connectivity index (χ2v) is 3.78. The molecule has 0 spiro atoms. The van der Waals surface area contributed by atoms with Crippen molar-refractivity contribution in [2.75, 3.05) is 6.61 Å². The minimum absolute atomic E-state index is 0.00419. The van der Waals surface area contributed by atoms with Gasteiger partial charge in [-0.1, -0.05) is 11.6 Å². The zero-order chi connectivity index (χ0) is 11.5. The minimum Gasteiger partial charge on any atom is -0.394 e. The predicted octanol–water partition coefficient (Wildman–Crippen LogP) is 2.33.